The smallest absolute Gasteiger partial charge is 0.337 e. The second kappa shape index (κ2) is 6.91. The minimum atomic E-state index is -1.13. The van der Waals surface area contributed by atoms with Crippen LogP contribution in [0.1, 0.15) is 23.7 Å². The molecule has 0 spiro atoms. The highest BCUT2D eigenvalue weighted by atomic mass is 79.9. The minimum absolute atomic E-state index is 0.00550. The first-order chi connectivity index (χ1) is 9.36. The van der Waals surface area contributed by atoms with E-state index in [1.54, 1.807) is 20.0 Å². The number of nitriles is 1. The standard InChI is InChI=1S/C13H14BrN3O3/c1-8(5-6-15)17(2)13(20)16-11-4-3-9(14)7-10(11)12(18)19/h3-4,7-8H,5H2,1-2H3,(H,16,20)(H,18,19). The fraction of sp³-hybridized carbons (Fsp3) is 0.308. The van der Waals surface area contributed by atoms with Crippen molar-refractivity contribution >= 4 is 33.6 Å². The van der Waals surface area contributed by atoms with Crippen LogP contribution in [0.2, 0.25) is 0 Å². The second-order valence-electron chi connectivity index (χ2n) is 4.25. The number of anilines is 1. The summed E-state index contributed by atoms with van der Waals surface area (Å²) in [6.07, 6.45) is 0.204. The SMILES string of the molecule is CC(CC#N)N(C)C(=O)Nc1ccc(Br)cc1C(=O)O. The predicted molar refractivity (Wildman–Crippen MR) is 77.6 cm³/mol. The Morgan fingerprint density at radius 3 is 2.75 bits per heavy atom. The predicted octanol–water partition coefficient (Wildman–Crippen LogP) is 2.91. The number of amides is 2. The molecule has 1 atom stereocenters. The van der Waals surface area contributed by atoms with Gasteiger partial charge in [-0.3, -0.25) is 0 Å². The molecule has 0 aliphatic carbocycles. The summed E-state index contributed by atoms with van der Waals surface area (Å²) in [6, 6.07) is 5.82. The maximum atomic E-state index is 12.0. The van der Waals surface area contributed by atoms with E-state index in [0.29, 0.717) is 4.47 Å². The Balaban J connectivity index is 2.91. The lowest BCUT2D eigenvalue weighted by molar-refractivity contribution is 0.0698. The van der Waals surface area contributed by atoms with Gasteiger partial charge in [0.25, 0.3) is 0 Å². The third-order valence-electron chi connectivity index (χ3n) is 2.82. The summed E-state index contributed by atoms with van der Waals surface area (Å²) in [5.74, 6) is -1.13. The van der Waals surface area contributed by atoms with Crippen molar-refractivity contribution in [2.24, 2.45) is 0 Å². The van der Waals surface area contributed by atoms with Crippen molar-refractivity contribution in [3.63, 3.8) is 0 Å². The monoisotopic (exact) mass is 339 g/mol. The zero-order chi connectivity index (χ0) is 15.3. The highest BCUT2D eigenvalue weighted by Gasteiger charge is 2.18. The van der Waals surface area contributed by atoms with Crippen LogP contribution in [-0.4, -0.2) is 35.1 Å². The molecule has 0 aliphatic heterocycles. The molecule has 0 saturated heterocycles. The Bertz CT molecular complexity index is 568. The summed E-state index contributed by atoms with van der Waals surface area (Å²) in [5.41, 5.74) is 0.204. The average Bonchev–Trinajstić information content (AvgIpc) is 2.39. The maximum Gasteiger partial charge on any atom is 0.337 e. The highest BCUT2D eigenvalue weighted by molar-refractivity contribution is 9.10. The van der Waals surface area contributed by atoms with Gasteiger partial charge in [0.2, 0.25) is 0 Å². The van der Waals surface area contributed by atoms with Crippen LogP contribution in [-0.2, 0) is 0 Å². The third kappa shape index (κ3) is 3.96. The van der Waals surface area contributed by atoms with Crippen molar-refractivity contribution in [2.45, 2.75) is 19.4 Å². The van der Waals surface area contributed by atoms with Crippen molar-refractivity contribution in [3.8, 4) is 6.07 Å². The lowest BCUT2D eigenvalue weighted by Crippen LogP contribution is -2.38. The van der Waals surface area contributed by atoms with E-state index in [4.69, 9.17) is 10.4 Å². The van der Waals surface area contributed by atoms with Gasteiger partial charge in [0.05, 0.1) is 23.7 Å². The number of carboxylic acid groups (broad SMARTS) is 1. The van der Waals surface area contributed by atoms with E-state index in [9.17, 15) is 9.59 Å². The van der Waals surface area contributed by atoms with Gasteiger partial charge in [-0.1, -0.05) is 15.9 Å². The van der Waals surface area contributed by atoms with Crippen LogP contribution < -0.4 is 5.32 Å². The van der Waals surface area contributed by atoms with Gasteiger partial charge in [-0.25, -0.2) is 9.59 Å². The summed E-state index contributed by atoms with van der Waals surface area (Å²) in [6.45, 7) is 1.74. The average molecular weight is 340 g/mol. The van der Waals surface area contributed by atoms with Gasteiger partial charge in [-0.2, -0.15) is 5.26 Å². The first-order valence-corrected chi connectivity index (χ1v) is 6.59. The minimum Gasteiger partial charge on any atom is -0.478 e. The van der Waals surface area contributed by atoms with Crippen molar-refractivity contribution in [1.82, 2.24) is 4.90 Å². The number of carboxylic acids is 1. The van der Waals surface area contributed by atoms with Gasteiger partial charge in [0, 0.05) is 17.6 Å². The summed E-state index contributed by atoms with van der Waals surface area (Å²) >= 11 is 3.18. The number of halogens is 1. The molecule has 0 saturated carbocycles. The van der Waals surface area contributed by atoms with Crippen LogP contribution in [0.3, 0.4) is 0 Å². The van der Waals surface area contributed by atoms with E-state index in [0.717, 1.165) is 0 Å². The molecule has 1 unspecified atom stereocenters. The number of carbonyl (C=O) groups is 2. The van der Waals surface area contributed by atoms with Crippen LogP contribution in [0.15, 0.2) is 22.7 Å². The van der Waals surface area contributed by atoms with Gasteiger partial charge in [0.1, 0.15) is 0 Å². The van der Waals surface area contributed by atoms with Gasteiger partial charge in [-0.15, -0.1) is 0 Å². The van der Waals surface area contributed by atoms with Crippen LogP contribution in [0, 0.1) is 11.3 Å². The van der Waals surface area contributed by atoms with E-state index in [-0.39, 0.29) is 23.7 Å². The molecule has 0 aromatic heterocycles. The Morgan fingerprint density at radius 1 is 1.55 bits per heavy atom. The quantitative estimate of drug-likeness (QED) is 0.881. The summed E-state index contributed by atoms with van der Waals surface area (Å²) in [7, 11) is 1.55. The lowest BCUT2D eigenvalue weighted by atomic mass is 10.2. The molecule has 2 amide bonds. The molecule has 0 fully saturated rings. The molecule has 20 heavy (non-hydrogen) atoms. The normalized spacial score (nSPS) is 11.3. The van der Waals surface area contributed by atoms with Crippen molar-refractivity contribution in [2.75, 3.05) is 12.4 Å². The Hall–Kier alpha value is -2.07. The number of carbonyl (C=O) groups excluding carboxylic acids is 1. The molecule has 1 rings (SSSR count). The van der Waals surface area contributed by atoms with Gasteiger partial charge < -0.3 is 15.3 Å². The number of nitrogens with one attached hydrogen (secondary N) is 1. The number of benzene rings is 1. The summed E-state index contributed by atoms with van der Waals surface area (Å²) in [5, 5.41) is 20.3. The largest absolute Gasteiger partial charge is 0.478 e. The molecule has 106 valence electrons. The van der Waals surface area contributed by atoms with E-state index < -0.39 is 12.0 Å². The van der Waals surface area contributed by atoms with Gasteiger partial charge >= 0.3 is 12.0 Å². The molecule has 0 aliphatic rings. The molecule has 7 heteroatoms. The van der Waals surface area contributed by atoms with E-state index >= 15 is 0 Å². The fourth-order valence-corrected chi connectivity index (χ4v) is 1.84. The van der Waals surface area contributed by atoms with Crippen LogP contribution in [0.4, 0.5) is 10.5 Å². The maximum absolute atomic E-state index is 12.0. The van der Waals surface area contributed by atoms with Crippen molar-refractivity contribution in [3.05, 3.63) is 28.2 Å². The number of hydrogen-bond acceptors (Lipinski definition) is 3. The van der Waals surface area contributed by atoms with E-state index in [2.05, 4.69) is 21.2 Å². The van der Waals surface area contributed by atoms with Crippen molar-refractivity contribution in [1.29, 1.82) is 5.26 Å². The first-order valence-electron chi connectivity index (χ1n) is 5.80. The molecular formula is C13H14BrN3O3. The Labute approximate surface area is 125 Å². The molecular weight excluding hydrogens is 326 g/mol. The van der Waals surface area contributed by atoms with Crippen molar-refractivity contribution < 1.29 is 14.7 Å². The third-order valence-corrected chi connectivity index (χ3v) is 3.32. The van der Waals surface area contributed by atoms with Gasteiger partial charge in [-0.05, 0) is 25.1 Å². The van der Waals surface area contributed by atoms with E-state index in [1.165, 1.54) is 17.0 Å². The topological polar surface area (TPSA) is 93.4 Å². The molecule has 0 bridgehead atoms. The van der Waals surface area contributed by atoms with Crippen LogP contribution in [0.5, 0.6) is 0 Å². The van der Waals surface area contributed by atoms with Crippen LogP contribution in [0.25, 0.3) is 0 Å². The molecule has 0 radical (unpaired) electrons. The summed E-state index contributed by atoms with van der Waals surface area (Å²) < 4.78 is 0.610. The molecule has 0 heterocycles. The van der Waals surface area contributed by atoms with Crippen LogP contribution >= 0.6 is 15.9 Å². The molecule has 6 nitrogen and oxygen atoms in total. The first kappa shape index (κ1) is 16.0. The van der Waals surface area contributed by atoms with E-state index in [1.807, 2.05) is 6.07 Å². The number of aromatic carboxylic acids is 1. The number of urea groups is 1. The fourth-order valence-electron chi connectivity index (χ4n) is 1.48. The number of rotatable bonds is 4. The number of nitrogens with zero attached hydrogens (tertiary/aromatic N) is 2. The molecule has 2 N–H and O–H groups in total. The zero-order valence-corrected chi connectivity index (χ0v) is 12.6. The van der Waals surface area contributed by atoms with Gasteiger partial charge in [0.15, 0.2) is 0 Å². The molecule has 1 aromatic carbocycles. The lowest BCUT2D eigenvalue weighted by Gasteiger charge is -2.23. The molecule has 1 aromatic rings. The zero-order valence-electron chi connectivity index (χ0n) is 11.1. The summed E-state index contributed by atoms with van der Waals surface area (Å²) in [4.78, 5) is 24.5. The highest BCUT2D eigenvalue weighted by Crippen LogP contribution is 2.21. The second-order valence-corrected chi connectivity index (χ2v) is 5.16. The Kier molecular flexibility index (Phi) is 5.53. The Morgan fingerprint density at radius 2 is 2.20 bits per heavy atom. The number of hydrogen-bond donors (Lipinski definition) is 2.